The molecule has 0 aliphatic carbocycles. The third kappa shape index (κ3) is 3.76. The van der Waals surface area contributed by atoms with Gasteiger partial charge in [-0.1, -0.05) is 19.9 Å². The van der Waals surface area contributed by atoms with Gasteiger partial charge in [0, 0.05) is 24.5 Å². The minimum absolute atomic E-state index is 0.0463. The monoisotopic (exact) mass is 289 g/mol. The first-order valence-electron chi connectivity index (χ1n) is 7.78. The number of anilines is 2. The Morgan fingerprint density at radius 3 is 2.57 bits per heavy atom. The van der Waals surface area contributed by atoms with Gasteiger partial charge in [-0.2, -0.15) is 0 Å². The number of carbonyl (C=O) groups excluding carboxylic acids is 1. The number of nitrogens with one attached hydrogen (secondary N) is 1. The Morgan fingerprint density at radius 1 is 1.33 bits per heavy atom. The lowest BCUT2D eigenvalue weighted by molar-refractivity contribution is -0.121. The Bertz CT molecular complexity index is 505. The molecule has 4 nitrogen and oxygen atoms in total. The lowest BCUT2D eigenvalue weighted by atomic mass is 9.91. The molecule has 116 valence electrons. The molecule has 1 aromatic rings. The third-order valence-corrected chi connectivity index (χ3v) is 4.46. The van der Waals surface area contributed by atoms with Crippen LogP contribution in [-0.4, -0.2) is 29.9 Å². The summed E-state index contributed by atoms with van der Waals surface area (Å²) in [7, 11) is 0. The van der Waals surface area contributed by atoms with Crippen LogP contribution in [0, 0.1) is 18.8 Å². The van der Waals surface area contributed by atoms with Crippen molar-refractivity contribution in [3.63, 3.8) is 0 Å². The van der Waals surface area contributed by atoms with Crippen molar-refractivity contribution in [1.29, 1.82) is 0 Å². The van der Waals surface area contributed by atoms with Gasteiger partial charge in [0.05, 0.1) is 6.04 Å². The summed E-state index contributed by atoms with van der Waals surface area (Å²) < 4.78 is 0. The van der Waals surface area contributed by atoms with Crippen molar-refractivity contribution in [2.75, 3.05) is 24.1 Å². The molecule has 1 amide bonds. The molecule has 1 aliphatic rings. The largest absolute Gasteiger partial charge is 0.398 e. The SMILES string of the molecule is Cc1c(N)cccc1NC(=O)C(C)N1CC(C)CC(C)C1. The van der Waals surface area contributed by atoms with Gasteiger partial charge in [-0.25, -0.2) is 0 Å². The number of rotatable bonds is 3. The zero-order chi connectivity index (χ0) is 15.6. The smallest absolute Gasteiger partial charge is 0.241 e. The van der Waals surface area contributed by atoms with Gasteiger partial charge in [0.1, 0.15) is 0 Å². The molecular formula is C17H27N3O. The molecule has 2 rings (SSSR count). The van der Waals surface area contributed by atoms with Crippen molar-refractivity contribution in [3.8, 4) is 0 Å². The molecule has 0 aromatic heterocycles. The first kappa shape index (κ1) is 15.8. The van der Waals surface area contributed by atoms with Crippen LogP contribution in [-0.2, 0) is 4.79 Å². The summed E-state index contributed by atoms with van der Waals surface area (Å²) in [5.74, 6) is 1.35. The summed E-state index contributed by atoms with van der Waals surface area (Å²) in [4.78, 5) is 14.8. The number of nitrogens with two attached hydrogens (primary N) is 1. The predicted molar refractivity (Wildman–Crippen MR) is 88.2 cm³/mol. The van der Waals surface area contributed by atoms with Crippen molar-refractivity contribution in [3.05, 3.63) is 23.8 Å². The molecule has 3 unspecified atom stereocenters. The maximum Gasteiger partial charge on any atom is 0.241 e. The van der Waals surface area contributed by atoms with Gasteiger partial charge < -0.3 is 11.1 Å². The third-order valence-electron chi connectivity index (χ3n) is 4.46. The fourth-order valence-corrected chi connectivity index (χ4v) is 3.22. The predicted octanol–water partition coefficient (Wildman–Crippen LogP) is 2.88. The van der Waals surface area contributed by atoms with E-state index in [1.54, 1.807) is 0 Å². The molecule has 4 heteroatoms. The van der Waals surface area contributed by atoms with E-state index in [4.69, 9.17) is 5.73 Å². The van der Waals surface area contributed by atoms with Gasteiger partial charge >= 0.3 is 0 Å². The quantitative estimate of drug-likeness (QED) is 0.841. The second-order valence-electron chi connectivity index (χ2n) is 6.58. The Kier molecular flexibility index (Phi) is 4.88. The number of benzene rings is 1. The van der Waals surface area contributed by atoms with Crippen molar-refractivity contribution < 1.29 is 4.79 Å². The van der Waals surface area contributed by atoms with Crippen LogP contribution in [0.3, 0.4) is 0 Å². The number of piperidine rings is 1. The van der Waals surface area contributed by atoms with Gasteiger partial charge in [-0.15, -0.1) is 0 Å². The van der Waals surface area contributed by atoms with Crippen molar-refractivity contribution in [1.82, 2.24) is 4.90 Å². The standard InChI is InChI=1S/C17H27N3O/c1-11-8-12(2)10-20(9-11)14(4)17(21)19-16-7-5-6-15(18)13(16)3/h5-7,11-12,14H,8-10,18H2,1-4H3,(H,19,21). The number of amides is 1. The molecule has 1 fully saturated rings. The lowest BCUT2D eigenvalue weighted by Gasteiger charge is -2.38. The van der Waals surface area contributed by atoms with Gasteiger partial charge in [-0.05, 0) is 49.8 Å². The Labute approximate surface area is 127 Å². The molecule has 21 heavy (non-hydrogen) atoms. The summed E-state index contributed by atoms with van der Waals surface area (Å²) in [6, 6.07) is 5.50. The van der Waals surface area contributed by atoms with Crippen LogP contribution in [0.5, 0.6) is 0 Å². The highest BCUT2D eigenvalue weighted by atomic mass is 16.2. The summed E-state index contributed by atoms with van der Waals surface area (Å²) in [5, 5.41) is 3.02. The summed E-state index contributed by atoms with van der Waals surface area (Å²) in [6.45, 7) is 10.4. The number of hydrogen-bond donors (Lipinski definition) is 2. The molecule has 1 heterocycles. The Balaban J connectivity index is 2.04. The van der Waals surface area contributed by atoms with Crippen LogP contribution in [0.25, 0.3) is 0 Å². The molecule has 1 aromatic carbocycles. The van der Waals surface area contributed by atoms with Crippen molar-refractivity contribution in [2.45, 2.75) is 40.2 Å². The van der Waals surface area contributed by atoms with Crippen molar-refractivity contribution in [2.24, 2.45) is 11.8 Å². The number of nitrogen functional groups attached to an aromatic ring is 1. The second-order valence-corrected chi connectivity index (χ2v) is 6.58. The molecule has 1 saturated heterocycles. The molecule has 3 atom stereocenters. The van der Waals surface area contributed by atoms with Crippen molar-refractivity contribution >= 4 is 17.3 Å². The van der Waals surface area contributed by atoms with E-state index in [1.807, 2.05) is 32.0 Å². The maximum atomic E-state index is 12.5. The fourth-order valence-electron chi connectivity index (χ4n) is 3.22. The van der Waals surface area contributed by atoms with E-state index in [2.05, 4.69) is 24.1 Å². The maximum absolute atomic E-state index is 12.5. The van der Waals surface area contributed by atoms with Gasteiger partial charge in [0.2, 0.25) is 5.91 Å². The fraction of sp³-hybridized carbons (Fsp3) is 0.588. The van der Waals surface area contributed by atoms with Crippen LogP contribution in [0.4, 0.5) is 11.4 Å². The molecule has 1 aliphatic heterocycles. The highest BCUT2D eigenvalue weighted by molar-refractivity contribution is 5.95. The Morgan fingerprint density at radius 2 is 1.95 bits per heavy atom. The van der Waals surface area contributed by atoms with E-state index in [0.717, 1.165) is 24.3 Å². The van der Waals surface area contributed by atoms with Gasteiger partial charge in [-0.3, -0.25) is 9.69 Å². The van der Waals surface area contributed by atoms with E-state index < -0.39 is 0 Å². The number of carbonyl (C=O) groups is 1. The van der Waals surface area contributed by atoms with Crippen LogP contribution in [0.2, 0.25) is 0 Å². The topological polar surface area (TPSA) is 58.4 Å². The normalized spacial score (nSPS) is 24.6. The highest BCUT2D eigenvalue weighted by Gasteiger charge is 2.28. The van der Waals surface area contributed by atoms with E-state index in [9.17, 15) is 4.79 Å². The van der Waals surface area contributed by atoms with Crippen LogP contribution >= 0.6 is 0 Å². The van der Waals surface area contributed by atoms with Crippen LogP contribution < -0.4 is 11.1 Å². The first-order chi connectivity index (χ1) is 9.88. The molecule has 0 spiro atoms. The molecular weight excluding hydrogens is 262 g/mol. The summed E-state index contributed by atoms with van der Waals surface area (Å²) in [5.41, 5.74) is 8.34. The summed E-state index contributed by atoms with van der Waals surface area (Å²) >= 11 is 0. The van der Waals surface area contributed by atoms with Crippen LogP contribution in [0.15, 0.2) is 18.2 Å². The molecule has 0 saturated carbocycles. The van der Waals surface area contributed by atoms with Crippen LogP contribution in [0.1, 0.15) is 32.8 Å². The number of hydrogen-bond acceptors (Lipinski definition) is 3. The minimum atomic E-state index is -0.115. The lowest BCUT2D eigenvalue weighted by Crippen LogP contribution is -2.48. The Hall–Kier alpha value is -1.55. The molecule has 3 N–H and O–H groups in total. The van der Waals surface area contributed by atoms with E-state index in [-0.39, 0.29) is 11.9 Å². The molecule has 0 bridgehead atoms. The highest BCUT2D eigenvalue weighted by Crippen LogP contribution is 2.24. The summed E-state index contributed by atoms with van der Waals surface area (Å²) in [6.07, 6.45) is 1.25. The molecule has 0 radical (unpaired) electrons. The number of nitrogens with zero attached hydrogens (tertiary/aromatic N) is 1. The number of likely N-dealkylation sites (tertiary alicyclic amines) is 1. The average molecular weight is 289 g/mol. The zero-order valence-corrected chi connectivity index (χ0v) is 13.5. The minimum Gasteiger partial charge on any atom is -0.398 e. The van der Waals surface area contributed by atoms with Gasteiger partial charge in [0.15, 0.2) is 0 Å². The average Bonchev–Trinajstić information content (AvgIpc) is 2.42. The van der Waals surface area contributed by atoms with Gasteiger partial charge in [0.25, 0.3) is 0 Å². The zero-order valence-electron chi connectivity index (χ0n) is 13.5. The van der Waals surface area contributed by atoms with E-state index in [0.29, 0.717) is 17.5 Å². The first-order valence-corrected chi connectivity index (χ1v) is 7.78. The second kappa shape index (κ2) is 6.48. The van der Waals surface area contributed by atoms with E-state index >= 15 is 0 Å². The van der Waals surface area contributed by atoms with E-state index in [1.165, 1.54) is 6.42 Å².